The molecule has 2 rings (SSSR count). The summed E-state index contributed by atoms with van der Waals surface area (Å²) in [4.78, 5) is 2.57. The lowest BCUT2D eigenvalue weighted by Gasteiger charge is -2.35. The van der Waals surface area contributed by atoms with E-state index in [0.29, 0.717) is 0 Å². The van der Waals surface area contributed by atoms with E-state index in [1.54, 1.807) is 0 Å². The molecule has 0 radical (unpaired) electrons. The number of benzene rings is 1. The van der Waals surface area contributed by atoms with Gasteiger partial charge in [-0.15, -0.1) is 0 Å². The molecule has 18 heavy (non-hydrogen) atoms. The second-order valence-electron chi connectivity index (χ2n) is 5.53. The molecule has 0 aliphatic carbocycles. The highest BCUT2D eigenvalue weighted by Crippen LogP contribution is 2.28. The van der Waals surface area contributed by atoms with Crippen molar-refractivity contribution < 1.29 is 0 Å². The first-order valence-electron chi connectivity index (χ1n) is 7.29. The van der Waals surface area contributed by atoms with Gasteiger partial charge in [0.15, 0.2) is 0 Å². The Morgan fingerprint density at radius 1 is 1.39 bits per heavy atom. The Morgan fingerprint density at radius 2 is 2.22 bits per heavy atom. The standard InChI is InChI=1S/C16H26N2/c1-3-14-5-4-10-18(12-14)16-7-6-13(2)11-15(16)8-9-17/h6-7,11,14H,3-5,8-10,12,17H2,1-2H3. The van der Waals surface area contributed by atoms with Gasteiger partial charge in [0.2, 0.25) is 0 Å². The zero-order chi connectivity index (χ0) is 13.0. The second kappa shape index (κ2) is 6.24. The Morgan fingerprint density at radius 3 is 2.94 bits per heavy atom. The van der Waals surface area contributed by atoms with Gasteiger partial charge in [0.25, 0.3) is 0 Å². The van der Waals surface area contributed by atoms with Gasteiger partial charge in [0, 0.05) is 18.8 Å². The zero-order valence-electron chi connectivity index (χ0n) is 11.8. The SMILES string of the molecule is CCC1CCCN(c2ccc(C)cc2CCN)C1. The fourth-order valence-electron chi connectivity index (χ4n) is 3.00. The van der Waals surface area contributed by atoms with Crippen LogP contribution in [-0.2, 0) is 6.42 Å². The van der Waals surface area contributed by atoms with Crippen LogP contribution < -0.4 is 10.6 Å². The summed E-state index contributed by atoms with van der Waals surface area (Å²) in [7, 11) is 0. The molecule has 1 atom stereocenters. The van der Waals surface area contributed by atoms with Crippen LogP contribution >= 0.6 is 0 Å². The van der Waals surface area contributed by atoms with Crippen LogP contribution in [0, 0.1) is 12.8 Å². The highest BCUT2D eigenvalue weighted by Gasteiger charge is 2.20. The first kappa shape index (κ1) is 13.4. The fourth-order valence-corrected chi connectivity index (χ4v) is 3.00. The molecule has 100 valence electrons. The van der Waals surface area contributed by atoms with Crippen LogP contribution in [0.1, 0.15) is 37.3 Å². The summed E-state index contributed by atoms with van der Waals surface area (Å²) in [5.74, 6) is 0.866. The second-order valence-corrected chi connectivity index (χ2v) is 5.53. The van der Waals surface area contributed by atoms with Crippen molar-refractivity contribution in [2.24, 2.45) is 11.7 Å². The number of nitrogens with two attached hydrogens (primary N) is 1. The number of aryl methyl sites for hydroxylation is 1. The highest BCUT2D eigenvalue weighted by atomic mass is 15.1. The number of nitrogens with zero attached hydrogens (tertiary/aromatic N) is 1. The highest BCUT2D eigenvalue weighted by molar-refractivity contribution is 5.55. The van der Waals surface area contributed by atoms with Gasteiger partial charge in [0.05, 0.1) is 0 Å². The Hall–Kier alpha value is -1.02. The molecule has 0 aromatic heterocycles. The van der Waals surface area contributed by atoms with Crippen molar-refractivity contribution in [3.8, 4) is 0 Å². The molecule has 1 aliphatic heterocycles. The molecule has 0 saturated carbocycles. The Kier molecular flexibility index (Phi) is 4.65. The molecule has 1 heterocycles. The first-order chi connectivity index (χ1) is 8.74. The lowest BCUT2D eigenvalue weighted by molar-refractivity contribution is 0.404. The molecular formula is C16H26N2. The van der Waals surface area contributed by atoms with Crippen molar-refractivity contribution in [3.63, 3.8) is 0 Å². The number of hydrogen-bond donors (Lipinski definition) is 1. The van der Waals surface area contributed by atoms with Crippen LogP contribution in [0.25, 0.3) is 0 Å². The molecular weight excluding hydrogens is 220 g/mol. The van der Waals surface area contributed by atoms with Crippen molar-refractivity contribution >= 4 is 5.69 Å². The molecule has 1 aliphatic rings. The third kappa shape index (κ3) is 3.05. The largest absolute Gasteiger partial charge is 0.371 e. The van der Waals surface area contributed by atoms with Gasteiger partial charge in [-0.1, -0.05) is 31.0 Å². The van der Waals surface area contributed by atoms with E-state index in [0.717, 1.165) is 18.9 Å². The fraction of sp³-hybridized carbons (Fsp3) is 0.625. The molecule has 0 amide bonds. The van der Waals surface area contributed by atoms with E-state index in [2.05, 4.69) is 36.9 Å². The van der Waals surface area contributed by atoms with Crippen LogP contribution in [0.5, 0.6) is 0 Å². The number of piperidine rings is 1. The van der Waals surface area contributed by atoms with E-state index >= 15 is 0 Å². The summed E-state index contributed by atoms with van der Waals surface area (Å²) >= 11 is 0. The number of hydrogen-bond acceptors (Lipinski definition) is 2. The molecule has 0 spiro atoms. The van der Waals surface area contributed by atoms with E-state index < -0.39 is 0 Å². The lowest BCUT2D eigenvalue weighted by Crippen LogP contribution is -2.35. The monoisotopic (exact) mass is 246 g/mol. The summed E-state index contributed by atoms with van der Waals surface area (Å²) < 4.78 is 0. The molecule has 1 fully saturated rings. The van der Waals surface area contributed by atoms with Gasteiger partial charge in [-0.25, -0.2) is 0 Å². The van der Waals surface area contributed by atoms with Gasteiger partial charge in [0.1, 0.15) is 0 Å². The Bertz CT molecular complexity index is 387. The molecule has 1 aromatic rings. The van der Waals surface area contributed by atoms with E-state index in [1.807, 2.05) is 0 Å². The minimum Gasteiger partial charge on any atom is -0.371 e. The Labute approximate surface area is 111 Å². The van der Waals surface area contributed by atoms with Crippen molar-refractivity contribution in [1.29, 1.82) is 0 Å². The molecule has 1 unspecified atom stereocenters. The van der Waals surface area contributed by atoms with Crippen LogP contribution in [0.3, 0.4) is 0 Å². The van der Waals surface area contributed by atoms with Crippen molar-refractivity contribution in [1.82, 2.24) is 0 Å². The van der Waals surface area contributed by atoms with E-state index in [-0.39, 0.29) is 0 Å². The Balaban J connectivity index is 2.20. The molecule has 1 aromatic carbocycles. The summed E-state index contributed by atoms with van der Waals surface area (Å²) in [5, 5.41) is 0. The van der Waals surface area contributed by atoms with Crippen LogP contribution in [-0.4, -0.2) is 19.6 Å². The van der Waals surface area contributed by atoms with Crippen LogP contribution in [0.15, 0.2) is 18.2 Å². The lowest BCUT2D eigenvalue weighted by atomic mass is 9.94. The third-order valence-electron chi connectivity index (χ3n) is 4.09. The minimum atomic E-state index is 0.738. The summed E-state index contributed by atoms with van der Waals surface area (Å²) in [5.41, 5.74) is 9.93. The zero-order valence-corrected chi connectivity index (χ0v) is 11.8. The maximum absolute atomic E-state index is 5.74. The normalized spacial score (nSPS) is 20.2. The summed E-state index contributed by atoms with van der Waals surface area (Å²) in [6.45, 7) is 7.63. The minimum absolute atomic E-state index is 0.738. The third-order valence-corrected chi connectivity index (χ3v) is 4.09. The van der Waals surface area contributed by atoms with Crippen molar-refractivity contribution in [2.45, 2.75) is 39.5 Å². The van der Waals surface area contributed by atoms with Crippen LogP contribution in [0.4, 0.5) is 5.69 Å². The van der Waals surface area contributed by atoms with E-state index in [4.69, 9.17) is 5.73 Å². The molecule has 2 N–H and O–H groups in total. The predicted octanol–water partition coefficient (Wildman–Crippen LogP) is 3.12. The van der Waals surface area contributed by atoms with Gasteiger partial charge in [-0.2, -0.15) is 0 Å². The average Bonchev–Trinajstić information content (AvgIpc) is 2.39. The quantitative estimate of drug-likeness (QED) is 0.884. The molecule has 1 saturated heterocycles. The van der Waals surface area contributed by atoms with Gasteiger partial charge in [-0.05, 0) is 50.3 Å². The topological polar surface area (TPSA) is 29.3 Å². The van der Waals surface area contributed by atoms with Crippen LogP contribution in [0.2, 0.25) is 0 Å². The maximum Gasteiger partial charge on any atom is 0.0399 e. The molecule has 0 bridgehead atoms. The smallest absolute Gasteiger partial charge is 0.0399 e. The van der Waals surface area contributed by atoms with Crippen molar-refractivity contribution in [3.05, 3.63) is 29.3 Å². The average molecular weight is 246 g/mol. The summed E-state index contributed by atoms with van der Waals surface area (Å²) in [6, 6.07) is 6.82. The number of anilines is 1. The maximum atomic E-state index is 5.74. The van der Waals surface area contributed by atoms with Gasteiger partial charge >= 0.3 is 0 Å². The molecule has 2 heteroatoms. The van der Waals surface area contributed by atoms with Gasteiger partial charge in [-0.3, -0.25) is 0 Å². The van der Waals surface area contributed by atoms with E-state index in [9.17, 15) is 0 Å². The van der Waals surface area contributed by atoms with E-state index in [1.165, 1.54) is 49.2 Å². The predicted molar refractivity (Wildman–Crippen MR) is 79.2 cm³/mol. The van der Waals surface area contributed by atoms with Gasteiger partial charge < -0.3 is 10.6 Å². The number of rotatable bonds is 4. The van der Waals surface area contributed by atoms with Crippen molar-refractivity contribution in [2.75, 3.05) is 24.5 Å². The molecule has 2 nitrogen and oxygen atoms in total. The first-order valence-corrected chi connectivity index (χ1v) is 7.29. The summed E-state index contributed by atoms with van der Waals surface area (Å²) in [6.07, 6.45) is 5.01.